The smallest absolute Gasteiger partial charge is 0.205 e. The monoisotopic (exact) mass is 301 g/mol. The van der Waals surface area contributed by atoms with Gasteiger partial charge in [-0.1, -0.05) is 30.3 Å². The molecule has 0 heterocycles. The molecule has 0 aliphatic carbocycles. The second-order valence-corrected chi connectivity index (χ2v) is 4.57. The molecule has 5 heteroatoms. The van der Waals surface area contributed by atoms with Crippen LogP contribution in [0.25, 0.3) is 0 Å². The minimum absolute atomic E-state index is 0.444. The van der Waals surface area contributed by atoms with E-state index in [-0.39, 0.29) is 0 Å². The van der Waals surface area contributed by atoms with Crippen molar-refractivity contribution in [1.82, 2.24) is 0 Å². The van der Waals surface area contributed by atoms with Crippen LogP contribution in [0, 0.1) is 0 Å². The summed E-state index contributed by atoms with van der Waals surface area (Å²) in [6, 6.07) is 11.5. The summed E-state index contributed by atoms with van der Waals surface area (Å²) in [5, 5.41) is 3.23. The molecule has 116 valence electrons. The fourth-order valence-corrected chi connectivity index (χ4v) is 2.24. The van der Waals surface area contributed by atoms with Gasteiger partial charge in [-0.15, -0.1) is 0 Å². The molecular formula is C17H19NO4. The van der Waals surface area contributed by atoms with Gasteiger partial charge in [-0.2, -0.15) is 0 Å². The predicted molar refractivity (Wildman–Crippen MR) is 85.3 cm³/mol. The van der Waals surface area contributed by atoms with Crippen LogP contribution in [0.1, 0.15) is 15.9 Å². The van der Waals surface area contributed by atoms with Crippen LogP contribution in [0.3, 0.4) is 0 Å². The highest BCUT2D eigenvalue weighted by Crippen LogP contribution is 2.44. The summed E-state index contributed by atoms with van der Waals surface area (Å²) in [6.45, 7) is 0.563. The van der Waals surface area contributed by atoms with Gasteiger partial charge in [0.1, 0.15) is 0 Å². The summed E-state index contributed by atoms with van der Waals surface area (Å²) in [4.78, 5) is 11.4. The Morgan fingerprint density at radius 2 is 1.68 bits per heavy atom. The van der Waals surface area contributed by atoms with E-state index in [2.05, 4.69) is 5.32 Å². The molecule has 2 aromatic carbocycles. The van der Waals surface area contributed by atoms with Crippen LogP contribution in [0.15, 0.2) is 36.4 Å². The molecule has 0 radical (unpaired) electrons. The highest BCUT2D eigenvalue weighted by atomic mass is 16.5. The summed E-state index contributed by atoms with van der Waals surface area (Å²) in [5.74, 6) is 1.35. The van der Waals surface area contributed by atoms with E-state index in [1.54, 1.807) is 6.07 Å². The lowest BCUT2D eigenvalue weighted by molar-refractivity contribution is 0.112. The first kappa shape index (κ1) is 15.7. The summed E-state index contributed by atoms with van der Waals surface area (Å²) in [7, 11) is 4.57. The average molecular weight is 301 g/mol. The topological polar surface area (TPSA) is 56.8 Å². The van der Waals surface area contributed by atoms with Crippen LogP contribution < -0.4 is 19.5 Å². The van der Waals surface area contributed by atoms with Gasteiger partial charge in [-0.25, -0.2) is 0 Å². The summed E-state index contributed by atoms with van der Waals surface area (Å²) < 4.78 is 16.0. The number of carbonyl (C=O) groups is 1. The van der Waals surface area contributed by atoms with Crippen LogP contribution in [-0.2, 0) is 6.54 Å². The third-order valence-corrected chi connectivity index (χ3v) is 3.30. The van der Waals surface area contributed by atoms with Crippen LogP contribution >= 0.6 is 0 Å². The van der Waals surface area contributed by atoms with Gasteiger partial charge < -0.3 is 19.5 Å². The van der Waals surface area contributed by atoms with Crippen molar-refractivity contribution in [2.24, 2.45) is 0 Å². The van der Waals surface area contributed by atoms with E-state index in [0.717, 1.165) is 11.8 Å². The number of ether oxygens (including phenoxy) is 3. The minimum Gasteiger partial charge on any atom is -0.493 e. The van der Waals surface area contributed by atoms with Gasteiger partial charge in [0.15, 0.2) is 17.8 Å². The average Bonchev–Trinajstić information content (AvgIpc) is 2.59. The molecule has 0 saturated carbocycles. The fourth-order valence-electron chi connectivity index (χ4n) is 2.24. The molecule has 0 atom stereocenters. The second kappa shape index (κ2) is 7.36. The van der Waals surface area contributed by atoms with Crippen molar-refractivity contribution in [1.29, 1.82) is 0 Å². The van der Waals surface area contributed by atoms with Crippen molar-refractivity contribution in [3.63, 3.8) is 0 Å². The Kier molecular flexibility index (Phi) is 5.25. The van der Waals surface area contributed by atoms with Crippen LogP contribution in [-0.4, -0.2) is 27.6 Å². The van der Waals surface area contributed by atoms with E-state index >= 15 is 0 Å². The van der Waals surface area contributed by atoms with Crippen LogP contribution in [0.5, 0.6) is 17.2 Å². The molecule has 0 amide bonds. The van der Waals surface area contributed by atoms with Gasteiger partial charge in [0.05, 0.1) is 27.0 Å². The SMILES string of the molecule is COc1cc(C=O)c(NCc2ccccc2)c(OC)c1OC. The molecule has 0 aliphatic rings. The van der Waals surface area contributed by atoms with E-state index in [4.69, 9.17) is 14.2 Å². The van der Waals surface area contributed by atoms with E-state index in [1.165, 1.54) is 21.3 Å². The van der Waals surface area contributed by atoms with Gasteiger partial charge >= 0.3 is 0 Å². The number of aldehydes is 1. The van der Waals surface area contributed by atoms with E-state index in [1.807, 2.05) is 30.3 Å². The summed E-state index contributed by atoms with van der Waals surface area (Å²) >= 11 is 0. The first-order valence-corrected chi connectivity index (χ1v) is 6.81. The number of anilines is 1. The summed E-state index contributed by atoms with van der Waals surface area (Å²) in [6.07, 6.45) is 0.762. The molecule has 0 bridgehead atoms. The van der Waals surface area contributed by atoms with E-state index in [0.29, 0.717) is 35.0 Å². The number of nitrogens with one attached hydrogen (secondary N) is 1. The van der Waals surface area contributed by atoms with Crippen molar-refractivity contribution < 1.29 is 19.0 Å². The van der Waals surface area contributed by atoms with Crippen molar-refractivity contribution in [2.45, 2.75) is 6.54 Å². The van der Waals surface area contributed by atoms with Crippen molar-refractivity contribution >= 4 is 12.0 Å². The standard InChI is InChI=1S/C17H19NO4/c1-20-14-9-13(11-19)15(17(22-3)16(14)21-2)18-10-12-7-5-4-6-8-12/h4-9,11,18H,10H2,1-3H3. The summed E-state index contributed by atoms with van der Waals surface area (Å²) in [5.41, 5.74) is 2.13. The second-order valence-electron chi connectivity index (χ2n) is 4.57. The number of rotatable bonds is 7. The Labute approximate surface area is 129 Å². The van der Waals surface area contributed by atoms with Gasteiger partial charge in [-0.05, 0) is 11.6 Å². The van der Waals surface area contributed by atoms with Crippen molar-refractivity contribution in [2.75, 3.05) is 26.6 Å². The Hall–Kier alpha value is -2.69. The number of hydrogen-bond donors (Lipinski definition) is 1. The minimum atomic E-state index is 0.444. The zero-order chi connectivity index (χ0) is 15.9. The van der Waals surface area contributed by atoms with Gasteiger partial charge in [0.2, 0.25) is 5.75 Å². The highest BCUT2D eigenvalue weighted by molar-refractivity contribution is 5.90. The van der Waals surface area contributed by atoms with Gasteiger partial charge in [0.25, 0.3) is 0 Å². The molecule has 0 saturated heterocycles. The molecule has 2 aromatic rings. The largest absolute Gasteiger partial charge is 0.493 e. The maximum atomic E-state index is 11.4. The molecule has 0 unspecified atom stereocenters. The molecule has 0 aromatic heterocycles. The quantitative estimate of drug-likeness (QED) is 0.796. The highest BCUT2D eigenvalue weighted by Gasteiger charge is 2.20. The van der Waals surface area contributed by atoms with Crippen LogP contribution in [0.4, 0.5) is 5.69 Å². The Morgan fingerprint density at radius 3 is 2.23 bits per heavy atom. The first-order chi connectivity index (χ1) is 10.7. The lowest BCUT2D eigenvalue weighted by atomic mass is 10.1. The maximum Gasteiger partial charge on any atom is 0.205 e. The molecule has 5 nitrogen and oxygen atoms in total. The number of methoxy groups -OCH3 is 3. The fraction of sp³-hybridized carbons (Fsp3) is 0.235. The lowest BCUT2D eigenvalue weighted by Crippen LogP contribution is -2.06. The Morgan fingerprint density at radius 1 is 1.00 bits per heavy atom. The van der Waals surface area contributed by atoms with Gasteiger partial charge in [-0.3, -0.25) is 4.79 Å². The van der Waals surface area contributed by atoms with Crippen LogP contribution in [0.2, 0.25) is 0 Å². The maximum absolute atomic E-state index is 11.4. The number of benzene rings is 2. The Bertz CT molecular complexity index is 641. The molecular weight excluding hydrogens is 282 g/mol. The molecule has 2 rings (SSSR count). The molecule has 0 aliphatic heterocycles. The third-order valence-electron chi connectivity index (χ3n) is 3.30. The first-order valence-electron chi connectivity index (χ1n) is 6.81. The molecule has 0 fully saturated rings. The third kappa shape index (κ3) is 3.14. The number of hydrogen-bond acceptors (Lipinski definition) is 5. The number of carbonyl (C=O) groups excluding carboxylic acids is 1. The lowest BCUT2D eigenvalue weighted by Gasteiger charge is -2.18. The zero-order valence-corrected chi connectivity index (χ0v) is 12.9. The van der Waals surface area contributed by atoms with E-state index < -0.39 is 0 Å². The van der Waals surface area contributed by atoms with Crippen molar-refractivity contribution in [3.8, 4) is 17.2 Å². The zero-order valence-electron chi connectivity index (χ0n) is 12.9. The molecule has 22 heavy (non-hydrogen) atoms. The van der Waals surface area contributed by atoms with Crippen molar-refractivity contribution in [3.05, 3.63) is 47.5 Å². The molecule has 1 N–H and O–H groups in total. The predicted octanol–water partition coefficient (Wildman–Crippen LogP) is 3.14. The van der Waals surface area contributed by atoms with E-state index in [9.17, 15) is 4.79 Å². The normalized spacial score (nSPS) is 9.95. The van der Waals surface area contributed by atoms with Gasteiger partial charge in [0, 0.05) is 12.1 Å². The Balaban J connectivity index is 2.41. The molecule has 0 spiro atoms.